The first kappa shape index (κ1) is 26.4. The normalized spacial score (nSPS) is 14.3. The van der Waals surface area contributed by atoms with Crippen LogP contribution in [-0.2, 0) is 4.79 Å². The molecule has 192 valence electrons. The number of alkyl halides is 2. The number of hydrogen-bond acceptors (Lipinski definition) is 4. The molecule has 4 nitrogen and oxygen atoms in total. The number of benzene rings is 4. The van der Waals surface area contributed by atoms with E-state index in [2.05, 4.69) is 15.8 Å². The van der Waals surface area contributed by atoms with Gasteiger partial charge in [0.05, 0.1) is 10.2 Å². The lowest BCUT2D eigenvalue weighted by atomic mass is 10.2. The summed E-state index contributed by atoms with van der Waals surface area (Å²) in [7, 11) is 0. The van der Waals surface area contributed by atoms with Gasteiger partial charge in [-0.1, -0.05) is 121 Å². The number of hydrogen-bond donors (Lipinski definition) is 0. The summed E-state index contributed by atoms with van der Waals surface area (Å²) in [6, 6.07) is 38.1. The molecule has 1 aliphatic heterocycles. The van der Waals surface area contributed by atoms with E-state index < -0.39 is 19.4 Å². The Hall–Kier alpha value is -4.24. The molecule has 4 aromatic rings. The van der Waals surface area contributed by atoms with E-state index in [0.717, 1.165) is 27.7 Å². The summed E-state index contributed by atoms with van der Waals surface area (Å²) >= 11 is 1.07. The van der Waals surface area contributed by atoms with E-state index in [-0.39, 0.29) is 10.7 Å². The summed E-state index contributed by atoms with van der Waals surface area (Å²) in [6.07, 6.45) is 1.48. The number of amides is 1. The highest BCUT2D eigenvalue weighted by Crippen LogP contribution is 2.48. The fourth-order valence-electron chi connectivity index (χ4n) is 4.51. The third-order valence-corrected chi connectivity index (χ3v) is 11.5. The van der Waals surface area contributed by atoms with Crippen LogP contribution in [-0.4, -0.2) is 22.9 Å². The zero-order valence-corrected chi connectivity index (χ0v) is 22.2. The van der Waals surface area contributed by atoms with Crippen LogP contribution in [0.1, 0.15) is 5.56 Å². The molecule has 8 heteroatoms. The van der Waals surface area contributed by atoms with Crippen molar-refractivity contribution in [3.05, 3.63) is 126 Å². The lowest BCUT2D eigenvalue weighted by molar-refractivity contribution is -0.113. The second kappa shape index (κ2) is 11.7. The Morgan fingerprint density at radius 1 is 0.821 bits per heavy atom. The number of aliphatic imine (C=N–C) groups is 1. The Bertz CT molecular complexity index is 1560. The van der Waals surface area contributed by atoms with E-state index in [1.165, 1.54) is 12.1 Å². The minimum absolute atomic E-state index is 0.0500. The summed E-state index contributed by atoms with van der Waals surface area (Å²) < 4.78 is 30.5. The van der Waals surface area contributed by atoms with Gasteiger partial charge in [0.25, 0.3) is 5.91 Å². The molecule has 1 amide bonds. The van der Waals surface area contributed by atoms with Crippen LogP contribution < -0.4 is 20.7 Å². The fourth-order valence-corrected chi connectivity index (χ4v) is 9.87. The largest absolute Gasteiger partial charge is 0.434 e. The third-order valence-electron chi connectivity index (χ3n) is 6.12. The van der Waals surface area contributed by atoms with Crippen LogP contribution >= 0.6 is 18.6 Å². The first-order valence-electron chi connectivity index (χ1n) is 11.9. The molecular formula is C31H21F2N2O2PS. The van der Waals surface area contributed by atoms with E-state index in [9.17, 15) is 18.8 Å². The van der Waals surface area contributed by atoms with Gasteiger partial charge in [0, 0.05) is 5.56 Å². The second-order valence-electron chi connectivity index (χ2n) is 8.39. The summed E-state index contributed by atoms with van der Waals surface area (Å²) in [6.45, 7) is -5.78. The fraction of sp³-hybridized carbons (Fsp3) is 0.0323. The number of nitrogens with zero attached hydrogens (tertiary/aromatic N) is 2. The molecule has 1 aliphatic rings. The second-order valence-corrected chi connectivity index (χ2v) is 12.8. The maximum Gasteiger partial charge on any atom is 0.387 e. The maximum absolute atomic E-state index is 13.1. The quantitative estimate of drug-likeness (QED) is 0.208. The molecular weight excluding hydrogens is 533 g/mol. The van der Waals surface area contributed by atoms with Gasteiger partial charge in [-0.05, 0) is 34.9 Å². The van der Waals surface area contributed by atoms with E-state index >= 15 is 0 Å². The molecule has 0 unspecified atom stereocenters. The van der Waals surface area contributed by atoms with Crippen molar-refractivity contribution in [1.29, 1.82) is 5.26 Å². The average Bonchev–Trinajstić information content (AvgIpc) is 3.33. The molecule has 0 saturated carbocycles. The first-order chi connectivity index (χ1) is 19.0. The summed E-state index contributed by atoms with van der Waals surface area (Å²) in [5, 5.41) is 14.3. The molecule has 0 atom stereocenters. The van der Waals surface area contributed by atoms with Crippen LogP contribution in [0.2, 0.25) is 0 Å². The SMILES string of the molecule is N#CC(C1=NC(=O)/C(=C/c2ccccc2OC(F)F)S1)=P(c1ccccc1)(c1ccccc1)c1ccccc1. The number of thioether (sulfide) groups is 1. The lowest BCUT2D eigenvalue weighted by Crippen LogP contribution is -2.32. The van der Waals surface area contributed by atoms with Gasteiger partial charge in [0.15, 0.2) is 0 Å². The predicted octanol–water partition coefficient (Wildman–Crippen LogP) is 5.99. The Morgan fingerprint density at radius 3 is 1.79 bits per heavy atom. The van der Waals surface area contributed by atoms with Crippen molar-refractivity contribution in [2.75, 3.05) is 0 Å². The van der Waals surface area contributed by atoms with Crippen molar-refractivity contribution in [2.24, 2.45) is 4.99 Å². The Kier molecular flexibility index (Phi) is 7.88. The molecule has 0 bridgehead atoms. The van der Waals surface area contributed by atoms with Gasteiger partial charge in [-0.15, -0.1) is 0 Å². The van der Waals surface area contributed by atoms with Crippen molar-refractivity contribution in [3.63, 3.8) is 0 Å². The topological polar surface area (TPSA) is 62.5 Å². The minimum Gasteiger partial charge on any atom is -0.434 e. The number of ether oxygens (including phenoxy) is 1. The third kappa shape index (κ3) is 5.22. The molecule has 0 radical (unpaired) electrons. The Balaban J connectivity index is 1.75. The standard InChI is InChI=1S/C31H21F2N2O2PS/c32-31(33)37-26-19-11-10-12-22(26)20-28-29(36)35-30(39-28)27(21-34)38(23-13-4-1-5-14-23,24-15-6-2-7-16-24)25-17-8-3-9-18-25/h1-20,31H/b28-20-. The molecule has 0 saturated heterocycles. The van der Waals surface area contributed by atoms with Crippen molar-refractivity contribution in [2.45, 2.75) is 6.61 Å². The number of rotatable bonds is 7. The van der Waals surface area contributed by atoms with Crippen LogP contribution in [0.5, 0.6) is 5.75 Å². The van der Waals surface area contributed by atoms with Crippen molar-refractivity contribution >= 4 is 56.9 Å². The Labute approximate surface area is 229 Å². The lowest BCUT2D eigenvalue weighted by Gasteiger charge is -2.30. The highest BCUT2D eigenvalue weighted by Gasteiger charge is 2.35. The van der Waals surface area contributed by atoms with E-state index in [1.807, 2.05) is 91.0 Å². The number of halogens is 2. The number of para-hydroxylation sites is 1. The first-order valence-corrected chi connectivity index (χ1v) is 14.5. The van der Waals surface area contributed by atoms with E-state index in [1.54, 1.807) is 18.2 Å². The van der Waals surface area contributed by atoms with Crippen LogP contribution in [0.15, 0.2) is 125 Å². The smallest absolute Gasteiger partial charge is 0.387 e. The minimum atomic E-state index is -3.00. The van der Waals surface area contributed by atoms with Gasteiger partial charge in [0.1, 0.15) is 16.9 Å². The predicted molar refractivity (Wildman–Crippen MR) is 157 cm³/mol. The van der Waals surface area contributed by atoms with Crippen molar-refractivity contribution in [1.82, 2.24) is 0 Å². The van der Waals surface area contributed by atoms with Gasteiger partial charge in [-0.3, -0.25) is 4.79 Å². The summed E-state index contributed by atoms with van der Waals surface area (Å²) in [4.78, 5) is 17.6. The molecule has 0 fully saturated rings. The number of nitriles is 1. The summed E-state index contributed by atoms with van der Waals surface area (Å²) in [5.41, 5.74) is 0.318. The molecule has 39 heavy (non-hydrogen) atoms. The maximum atomic E-state index is 13.1. The van der Waals surface area contributed by atoms with Gasteiger partial charge < -0.3 is 4.74 Å². The van der Waals surface area contributed by atoms with Gasteiger partial charge in [-0.25, -0.2) is 4.99 Å². The molecule has 5 rings (SSSR count). The molecule has 0 N–H and O–H groups in total. The Morgan fingerprint density at radius 2 is 1.31 bits per heavy atom. The number of carbonyl (C=O) groups is 1. The zero-order chi connectivity index (χ0) is 27.2. The van der Waals surface area contributed by atoms with Crippen LogP contribution in [0.25, 0.3) is 6.08 Å². The van der Waals surface area contributed by atoms with Gasteiger partial charge in [0.2, 0.25) is 0 Å². The van der Waals surface area contributed by atoms with Crippen LogP contribution in [0.4, 0.5) is 8.78 Å². The van der Waals surface area contributed by atoms with Gasteiger partial charge >= 0.3 is 6.61 Å². The molecule has 1 heterocycles. The molecule has 0 spiro atoms. The van der Waals surface area contributed by atoms with Crippen molar-refractivity contribution in [3.8, 4) is 11.8 Å². The van der Waals surface area contributed by atoms with Gasteiger partial charge in [-0.2, -0.15) is 14.0 Å². The van der Waals surface area contributed by atoms with Crippen LogP contribution in [0, 0.1) is 11.3 Å². The van der Waals surface area contributed by atoms with Crippen LogP contribution in [0.3, 0.4) is 0 Å². The van der Waals surface area contributed by atoms with E-state index in [0.29, 0.717) is 15.9 Å². The van der Waals surface area contributed by atoms with E-state index in [4.69, 9.17) is 0 Å². The molecule has 0 aromatic heterocycles. The average molecular weight is 555 g/mol. The molecule has 4 aromatic carbocycles. The zero-order valence-electron chi connectivity index (χ0n) is 20.4. The number of carbonyl (C=O) groups excluding carboxylic acids is 1. The monoisotopic (exact) mass is 554 g/mol. The highest BCUT2D eigenvalue weighted by atomic mass is 32.2. The molecule has 0 aliphatic carbocycles. The summed E-state index contributed by atoms with van der Waals surface area (Å²) in [5.74, 6) is -0.590. The van der Waals surface area contributed by atoms with Crippen molar-refractivity contribution < 1.29 is 18.3 Å². The highest BCUT2D eigenvalue weighted by molar-refractivity contribution is 8.22.